The molecule has 2 N–H and O–H groups in total. The molecule has 1 unspecified atom stereocenters. The molecule has 0 aliphatic carbocycles. The molecule has 19 heavy (non-hydrogen) atoms. The van der Waals surface area contributed by atoms with Gasteiger partial charge in [0.2, 0.25) is 6.10 Å². The summed E-state index contributed by atoms with van der Waals surface area (Å²) >= 11 is 0. The molecule has 0 aromatic rings. The third-order valence-electron chi connectivity index (χ3n) is 2.35. The molecule has 0 aromatic carbocycles. The Morgan fingerprint density at radius 1 is 1.47 bits per heavy atom. The maximum atomic E-state index is 11.4. The summed E-state index contributed by atoms with van der Waals surface area (Å²) in [5.41, 5.74) is 0. The molecule has 1 aliphatic rings. The highest BCUT2D eigenvalue weighted by molar-refractivity contribution is 6.37. The molecule has 0 spiro atoms. The Bertz CT molecular complexity index is 424. The SMILES string of the molecule is CC=CC=CC(=O)OC1C(=O)C(=O)O[C@@H]1[C@@H](O)CO. The number of ether oxygens (including phenoxy) is 2. The van der Waals surface area contributed by atoms with Crippen molar-refractivity contribution >= 4 is 17.7 Å². The topological polar surface area (TPSA) is 110 Å². The van der Waals surface area contributed by atoms with E-state index in [-0.39, 0.29) is 0 Å². The fraction of sp³-hybridized carbons (Fsp3) is 0.417. The van der Waals surface area contributed by atoms with Gasteiger partial charge in [0.25, 0.3) is 5.78 Å². The number of carbonyl (C=O) groups is 3. The zero-order chi connectivity index (χ0) is 14.4. The standard InChI is InChI=1S/C12H14O7/c1-2-3-4-5-8(15)18-11-9(16)12(17)19-10(11)7(14)6-13/h2-5,7,10-11,13-14H,6H2,1H3/t7-,10+,11?/m0/s1. The van der Waals surface area contributed by atoms with Gasteiger partial charge < -0.3 is 19.7 Å². The lowest BCUT2D eigenvalue weighted by molar-refractivity contribution is -0.156. The molecule has 7 nitrogen and oxygen atoms in total. The van der Waals surface area contributed by atoms with Crippen LogP contribution in [0.4, 0.5) is 0 Å². The van der Waals surface area contributed by atoms with Gasteiger partial charge in [0.1, 0.15) is 6.10 Å². The third-order valence-corrected chi connectivity index (χ3v) is 2.35. The molecule has 1 aliphatic heterocycles. The number of allylic oxidation sites excluding steroid dienone is 3. The number of cyclic esters (lactones) is 1. The average molecular weight is 270 g/mol. The highest BCUT2D eigenvalue weighted by atomic mass is 16.6. The summed E-state index contributed by atoms with van der Waals surface area (Å²) in [5, 5.41) is 18.2. The van der Waals surface area contributed by atoms with Crippen LogP contribution in [0.15, 0.2) is 24.3 Å². The average Bonchev–Trinajstić information content (AvgIpc) is 2.66. The first kappa shape index (κ1) is 15.1. The van der Waals surface area contributed by atoms with Gasteiger partial charge in [-0.15, -0.1) is 0 Å². The van der Waals surface area contributed by atoms with Crippen LogP contribution in [-0.2, 0) is 23.9 Å². The number of hydrogen-bond acceptors (Lipinski definition) is 7. The van der Waals surface area contributed by atoms with Crippen LogP contribution in [0.25, 0.3) is 0 Å². The minimum atomic E-state index is -1.54. The Kier molecular flexibility index (Phi) is 5.40. The number of aliphatic hydroxyl groups excluding tert-OH is 2. The molecule has 1 rings (SSSR count). The van der Waals surface area contributed by atoms with Crippen molar-refractivity contribution in [1.82, 2.24) is 0 Å². The van der Waals surface area contributed by atoms with Gasteiger partial charge in [-0.25, -0.2) is 9.59 Å². The molecule has 0 bridgehead atoms. The summed E-state index contributed by atoms with van der Waals surface area (Å²) in [6.45, 7) is 1.02. The first-order valence-electron chi connectivity index (χ1n) is 5.55. The normalized spacial score (nSPS) is 25.0. The van der Waals surface area contributed by atoms with Crippen LogP contribution in [0, 0.1) is 0 Å². The molecular weight excluding hydrogens is 256 g/mol. The molecule has 0 amide bonds. The molecule has 0 radical (unpaired) electrons. The van der Waals surface area contributed by atoms with Crippen LogP contribution in [0.3, 0.4) is 0 Å². The first-order chi connectivity index (χ1) is 9.01. The number of rotatable bonds is 5. The summed E-state index contributed by atoms with van der Waals surface area (Å²) in [6, 6.07) is 0. The summed E-state index contributed by atoms with van der Waals surface area (Å²) in [6.07, 6.45) is 1.27. The number of ketones is 1. The zero-order valence-corrected chi connectivity index (χ0v) is 10.2. The number of esters is 2. The van der Waals surface area contributed by atoms with E-state index in [4.69, 9.17) is 9.84 Å². The smallest absolute Gasteiger partial charge is 0.379 e. The molecule has 7 heteroatoms. The van der Waals surface area contributed by atoms with Crippen molar-refractivity contribution in [1.29, 1.82) is 0 Å². The summed E-state index contributed by atoms with van der Waals surface area (Å²) in [4.78, 5) is 33.9. The summed E-state index contributed by atoms with van der Waals surface area (Å²) in [5.74, 6) is -3.12. The van der Waals surface area contributed by atoms with Gasteiger partial charge in [-0.05, 0) is 6.92 Å². The molecule has 1 fully saturated rings. The van der Waals surface area contributed by atoms with Crippen molar-refractivity contribution < 1.29 is 34.1 Å². The van der Waals surface area contributed by atoms with Gasteiger partial charge in [0, 0.05) is 6.08 Å². The summed E-state index contributed by atoms with van der Waals surface area (Å²) < 4.78 is 9.30. The minimum Gasteiger partial charge on any atom is -0.449 e. The van der Waals surface area contributed by atoms with E-state index in [9.17, 15) is 19.5 Å². The lowest BCUT2D eigenvalue weighted by Gasteiger charge is -2.19. The number of aliphatic hydroxyl groups is 2. The molecule has 0 saturated carbocycles. The van der Waals surface area contributed by atoms with Gasteiger partial charge in [-0.3, -0.25) is 4.79 Å². The van der Waals surface area contributed by atoms with E-state index in [1.807, 2.05) is 0 Å². The molecule has 0 aromatic heterocycles. The maximum absolute atomic E-state index is 11.4. The van der Waals surface area contributed by atoms with Crippen molar-refractivity contribution in [2.24, 2.45) is 0 Å². The fourth-order valence-corrected chi connectivity index (χ4v) is 1.42. The second-order valence-corrected chi connectivity index (χ2v) is 3.73. The Balaban J connectivity index is 2.75. The van der Waals surface area contributed by atoms with Crippen LogP contribution in [0.1, 0.15) is 6.92 Å². The largest absolute Gasteiger partial charge is 0.449 e. The lowest BCUT2D eigenvalue weighted by Crippen LogP contribution is -2.41. The summed E-state index contributed by atoms with van der Waals surface area (Å²) in [7, 11) is 0. The van der Waals surface area contributed by atoms with E-state index < -0.39 is 42.6 Å². The van der Waals surface area contributed by atoms with Crippen molar-refractivity contribution in [3.63, 3.8) is 0 Å². The van der Waals surface area contributed by atoms with Crippen molar-refractivity contribution in [3.05, 3.63) is 24.3 Å². The Morgan fingerprint density at radius 2 is 2.16 bits per heavy atom. The lowest BCUT2D eigenvalue weighted by atomic mass is 10.1. The Labute approximate surface area is 109 Å². The van der Waals surface area contributed by atoms with Crippen molar-refractivity contribution in [2.45, 2.75) is 25.2 Å². The van der Waals surface area contributed by atoms with Crippen LogP contribution >= 0.6 is 0 Å². The van der Waals surface area contributed by atoms with E-state index >= 15 is 0 Å². The van der Waals surface area contributed by atoms with Crippen molar-refractivity contribution in [3.8, 4) is 0 Å². The number of hydrogen-bond donors (Lipinski definition) is 2. The Hall–Kier alpha value is -1.99. The monoisotopic (exact) mass is 270 g/mol. The fourth-order valence-electron chi connectivity index (χ4n) is 1.42. The van der Waals surface area contributed by atoms with E-state index in [0.29, 0.717) is 0 Å². The minimum absolute atomic E-state index is 0.728. The van der Waals surface area contributed by atoms with E-state index in [1.165, 1.54) is 6.08 Å². The van der Waals surface area contributed by atoms with E-state index in [2.05, 4.69) is 4.74 Å². The van der Waals surface area contributed by atoms with Gasteiger partial charge in [0.15, 0.2) is 6.10 Å². The third kappa shape index (κ3) is 3.73. The highest BCUT2D eigenvalue weighted by Gasteiger charge is 2.49. The quantitative estimate of drug-likeness (QED) is 0.282. The predicted molar refractivity (Wildman–Crippen MR) is 61.8 cm³/mol. The highest BCUT2D eigenvalue weighted by Crippen LogP contribution is 2.19. The molecular formula is C12H14O7. The van der Waals surface area contributed by atoms with Crippen molar-refractivity contribution in [2.75, 3.05) is 6.61 Å². The number of carbonyl (C=O) groups excluding carboxylic acids is 3. The van der Waals surface area contributed by atoms with Gasteiger partial charge in [0.05, 0.1) is 6.61 Å². The van der Waals surface area contributed by atoms with E-state index in [1.54, 1.807) is 19.1 Å². The van der Waals surface area contributed by atoms with Crippen LogP contribution in [0.2, 0.25) is 0 Å². The van der Waals surface area contributed by atoms with Gasteiger partial charge in [-0.2, -0.15) is 0 Å². The van der Waals surface area contributed by atoms with Crippen LogP contribution in [-0.4, -0.2) is 52.9 Å². The predicted octanol–water partition coefficient (Wildman–Crippen LogP) is -1.12. The molecule has 3 atom stereocenters. The second-order valence-electron chi connectivity index (χ2n) is 3.73. The molecule has 1 heterocycles. The molecule has 104 valence electrons. The number of Topliss-reactive ketones (excluding diaryl/α,β-unsaturated/α-hetero) is 1. The first-order valence-corrected chi connectivity index (χ1v) is 5.55. The second kappa shape index (κ2) is 6.81. The van der Waals surface area contributed by atoms with E-state index in [0.717, 1.165) is 6.08 Å². The van der Waals surface area contributed by atoms with Gasteiger partial charge in [-0.1, -0.05) is 18.2 Å². The Morgan fingerprint density at radius 3 is 2.74 bits per heavy atom. The van der Waals surface area contributed by atoms with Crippen LogP contribution in [0.5, 0.6) is 0 Å². The zero-order valence-electron chi connectivity index (χ0n) is 10.2. The van der Waals surface area contributed by atoms with Gasteiger partial charge >= 0.3 is 11.9 Å². The maximum Gasteiger partial charge on any atom is 0.379 e. The molecule has 1 saturated heterocycles. The van der Waals surface area contributed by atoms with Crippen LogP contribution < -0.4 is 0 Å².